The van der Waals surface area contributed by atoms with Crippen molar-refractivity contribution < 1.29 is 13.9 Å². The van der Waals surface area contributed by atoms with Crippen LogP contribution in [-0.4, -0.2) is 31.7 Å². The Balaban J connectivity index is 1.67. The highest BCUT2D eigenvalue weighted by Crippen LogP contribution is 2.13. The van der Waals surface area contributed by atoms with Gasteiger partial charge in [0.1, 0.15) is 5.82 Å². The van der Waals surface area contributed by atoms with Gasteiger partial charge < -0.3 is 15.4 Å². The molecule has 1 aromatic carbocycles. The zero-order valence-corrected chi connectivity index (χ0v) is 12.4. The summed E-state index contributed by atoms with van der Waals surface area (Å²) in [5.74, 6) is -0.312. The molecule has 4 nitrogen and oxygen atoms in total. The van der Waals surface area contributed by atoms with E-state index in [4.69, 9.17) is 4.74 Å². The Bertz CT molecular complexity index is 444. The van der Waals surface area contributed by atoms with Crippen LogP contribution in [0.1, 0.15) is 37.8 Å². The average Bonchev–Trinajstić information content (AvgIpc) is 2.49. The highest BCUT2D eigenvalue weighted by atomic mass is 19.1. The van der Waals surface area contributed by atoms with Crippen LogP contribution in [0.15, 0.2) is 24.3 Å². The van der Waals surface area contributed by atoms with E-state index in [9.17, 15) is 9.18 Å². The predicted octanol–water partition coefficient (Wildman–Crippen LogP) is 2.16. The molecule has 1 aliphatic rings. The summed E-state index contributed by atoms with van der Waals surface area (Å²) in [6, 6.07) is 6.05. The van der Waals surface area contributed by atoms with Gasteiger partial charge in [-0.25, -0.2) is 4.39 Å². The Morgan fingerprint density at radius 2 is 2.05 bits per heavy atom. The largest absolute Gasteiger partial charge is 0.378 e. The average molecular weight is 294 g/mol. The van der Waals surface area contributed by atoms with Crippen LogP contribution < -0.4 is 10.6 Å². The lowest BCUT2D eigenvalue weighted by Gasteiger charge is -2.23. The molecule has 1 saturated heterocycles. The summed E-state index contributed by atoms with van der Waals surface area (Å²) in [5.41, 5.74) is 0.893. The molecule has 1 aromatic rings. The van der Waals surface area contributed by atoms with E-state index < -0.39 is 0 Å². The molecule has 0 aliphatic carbocycles. The van der Waals surface area contributed by atoms with Crippen LogP contribution in [0.3, 0.4) is 0 Å². The Morgan fingerprint density at radius 1 is 1.38 bits per heavy atom. The van der Waals surface area contributed by atoms with Gasteiger partial charge in [0.2, 0.25) is 5.91 Å². The minimum atomic E-state index is -0.271. The second kappa shape index (κ2) is 8.10. The van der Waals surface area contributed by atoms with Gasteiger partial charge in [-0.05, 0) is 50.6 Å². The van der Waals surface area contributed by atoms with Crippen LogP contribution in [0.5, 0.6) is 0 Å². The van der Waals surface area contributed by atoms with E-state index in [1.165, 1.54) is 12.1 Å². The van der Waals surface area contributed by atoms with Crippen LogP contribution in [0.2, 0.25) is 0 Å². The lowest BCUT2D eigenvalue weighted by molar-refractivity contribution is -0.123. The minimum absolute atomic E-state index is 0.0410. The molecule has 2 rings (SSSR count). The van der Waals surface area contributed by atoms with Crippen LogP contribution in [0.4, 0.5) is 4.39 Å². The van der Waals surface area contributed by atoms with Gasteiger partial charge in [0.05, 0.1) is 18.8 Å². The SMILES string of the molecule is C[C@H](NC(=O)CCOC1CCNCC1)c1ccc(F)cc1. The number of benzene rings is 1. The maximum Gasteiger partial charge on any atom is 0.222 e. The second-order valence-corrected chi connectivity index (χ2v) is 5.41. The summed E-state index contributed by atoms with van der Waals surface area (Å²) in [5, 5.41) is 6.18. The Hall–Kier alpha value is -1.46. The smallest absolute Gasteiger partial charge is 0.222 e. The fraction of sp³-hybridized carbons (Fsp3) is 0.562. The lowest BCUT2D eigenvalue weighted by Crippen LogP contribution is -2.33. The first-order chi connectivity index (χ1) is 10.1. The number of hydrogen-bond donors (Lipinski definition) is 2. The van der Waals surface area contributed by atoms with E-state index in [-0.39, 0.29) is 23.9 Å². The first kappa shape index (κ1) is 15.9. The molecule has 1 amide bonds. The summed E-state index contributed by atoms with van der Waals surface area (Å²) < 4.78 is 18.6. The zero-order valence-electron chi connectivity index (χ0n) is 12.4. The van der Waals surface area contributed by atoms with Crippen LogP contribution >= 0.6 is 0 Å². The number of piperidine rings is 1. The Labute approximate surface area is 125 Å². The number of halogens is 1. The molecule has 1 fully saturated rings. The van der Waals surface area contributed by atoms with Crippen molar-refractivity contribution >= 4 is 5.91 Å². The van der Waals surface area contributed by atoms with Crippen molar-refractivity contribution in [3.05, 3.63) is 35.6 Å². The number of ether oxygens (including phenoxy) is 1. The number of carbonyl (C=O) groups is 1. The highest BCUT2D eigenvalue weighted by molar-refractivity contribution is 5.76. The standard InChI is InChI=1S/C16H23FN2O2/c1-12(13-2-4-14(17)5-3-13)19-16(20)8-11-21-15-6-9-18-10-7-15/h2-5,12,15,18H,6-11H2,1H3,(H,19,20)/t12-/m0/s1. The Kier molecular flexibility index (Phi) is 6.14. The maximum absolute atomic E-state index is 12.8. The predicted molar refractivity (Wildman–Crippen MR) is 79.4 cm³/mol. The molecule has 21 heavy (non-hydrogen) atoms. The summed E-state index contributed by atoms with van der Waals surface area (Å²) in [4.78, 5) is 11.9. The lowest BCUT2D eigenvalue weighted by atomic mass is 10.1. The van der Waals surface area contributed by atoms with Crippen molar-refractivity contribution in [3.8, 4) is 0 Å². The van der Waals surface area contributed by atoms with E-state index >= 15 is 0 Å². The third-order valence-electron chi connectivity index (χ3n) is 3.72. The van der Waals surface area contributed by atoms with E-state index in [0.717, 1.165) is 31.5 Å². The molecule has 116 valence electrons. The van der Waals surface area contributed by atoms with Crippen molar-refractivity contribution in [3.63, 3.8) is 0 Å². The minimum Gasteiger partial charge on any atom is -0.378 e. The molecule has 1 atom stereocenters. The molecular weight excluding hydrogens is 271 g/mol. The molecule has 0 radical (unpaired) electrons. The van der Waals surface area contributed by atoms with E-state index in [2.05, 4.69) is 10.6 Å². The first-order valence-electron chi connectivity index (χ1n) is 7.52. The molecule has 0 saturated carbocycles. The zero-order chi connectivity index (χ0) is 15.1. The number of amides is 1. The summed E-state index contributed by atoms with van der Waals surface area (Å²) >= 11 is 0. The fourth-order valence-electron chi connectivity index (χ4n) is 2.43. The summed E-state index contributed by atoms with van der Waals surface area (Å²) in [6.07, 6.45) is 2.64. The van der Waals surface area contributed by atoms with Crippen LogP contribution in [0, 0.1) is 5.82 Å². The molecule has 0 unspecified atom stereocenters. The highest BCUT2D eigenvalue weighted by Gasteiger charge is 2.14. The normalized spacial score (nSPS) is 17.4. The van der Waals surface area contributed by atoms with Crippen molar-refractivity contribution in [2.24, 2.45) is 0 Å². The van der Waals surface area contributed by atoms with E-state index in [1.807, 2.05) is 6.92 Å². The second-order valence-electron chi connectivity index (χ2n) is 5.41. The Morgan fingerprint density at radius 3 is 2.71 bits per heavy atom. The topological polar surface area (TPSA) is 50.4 Å². The molecule has 2 N–H and O–H groups in total. The monoisotopic (exact) mass is 294 g/mol. The molecule has 1 aliphatic heterocycles. The number of nitrogens with one attached hydrogen (secondary N) is 2. The molecule has 0 spiro atoms. The van der Waals surface area contributed by atoms with Gasteiger partial charge in [0.25, 0.3) is 0 Å². The van der Waals surface area contributed by atoms with Gasteiger partial charge in [0.15, 0.2) is 0 Å². The molecular formula is C16H23FN2O2. The number of hydrogen-bond acceptors (Lipinski definition) is 3. The van der Waals surface area contributed by atoms with Crippen LogP contribution in [0.25, 0.3) is 0 Å². The number of rotatable bonds is 6. The van der Waals surface area contributed by atoms with Gasteiger partial charge in [-0.15, -0.1) is 0 Å². The summed E-state index contributed by atoms with van der Waals surface area (Å²) in [7, 11) is 0. The molecule has 1 heterocycles. The van der Waals surface area contributed by atoms with Gasteiger partial charge in [0, 0.05) is 6.42 Å². The van der Waals surface area contributed by atoms with Crippen molar-refractivity contribution in [2.45, 2.75) is 38.3 Å². The molecule has 0 bridgehead atoms. The van der Waals surface area contributed by atoms with E-state index in [0.29, 0.717) is 13.0 Å². The van der Waals surface area contributed by atoms with Gasteiger partial charge in [-0.1, -0.05) is 12.1 Å². The molecule has 0 aromatic heterocycles. The maximum atomic E-state index is 12.8. The van der Waals surface area contributed by atoms with Crippen molar-refractivity contribution in [1.82, 2.24) is 10.6 Å². The summed E-state index contributed by atoms with van der Waals surface area (Å²) in [6.45, 7) is 4.31. The van der Waals surface area contributed by atoms with E-state index in [1.54, 1.807) is 12.1 Å². The first-order valence-corrected chi connectivity index (χ1v) is 7.52. The molecule has 5 heteroatoms. The number of carbonyl (C=O) groups excluding carboxylic acids is 1. The van der Waals surface area contributed by atoms with Crippen molar-refractivity contribution in [1.29, 1.82) is 0 Å². The van der Waals surface area contributed by atoms with Gasteiger partial charge in [-0.2, -0.15) is 0 Å². The van der Waals surface area contributed by atoms with Gasteiger partial charge >= 0.3 is 0 Å². The third kappa shape index (κ3) is 5.44. The third-order valence-corrected chi connectivity index (χ3v) is 3.72. The van der Waals surface area contributed by atoms with Crippen molar-refractivity contribution in [2.75, 3.05) is 19.7 Å². The quantitative estimate of drug-likeness (QED) is 0.845. The fourth-order valence-corrected chi connectivity index (χ4v) is 2.43. The van der Waals surface area contributed by atoms with Crippen LogP contribution in [-0.2, 0) is 9.53 Å². The van der Waals surface area contributed by atoms with Gasteiger partial charge in [-0.3, -0.25) is 4.79 Å².